The molecule has 3 heterocycles. The Morgan fingerprint density at radius 3 is 2.74 bits per heavy atom. The van der Waals surface area contributed by atoms with Gasteiger partial charge in [-0.05, 0) is 24.3 Å². The average Bonchev–Trinajstić information content (AvgIpc) is 3.17. The van der Waals surface area contributed by atoms with Crippen LogP contribution >= 0.6 is 0 Å². The summed E-state index contributed by atoms with van der Waals surface area (Å²) < 4.78 is 2.08. The van der Waals surface area contributed by atoms with E-state index in [1.165, 1.54) is 5.69 Å². The number of piperazine rings is 1. The molecule has 23 heavy (non-hydrogen) atoms. The van der Waals surface area contributed by atoms with Gasteiger partial charge in [-0.3, -0.25) is 0 Å². The zero-order chi connectivity index (χ0) is 15.8. The van der Waals surface area contributed by atoms with Crippen molar-refractivity contribution in [2.45, 2.75) is 0 Å². The molecule has 1 aromatic carbocycles. The van der Waals surface area contributed by atoms with Crippen LogP contribution in [0.3, 0.4) is 0 Å². The molecule has 1 fully saturated rings. The fourth-order valence-electron chi connectivity index (χ4n) is 3.18. The van der Waals surface area contributed by atoms with Gasteiger partial charge in [0.1, 0.15) is 0 Å². The van der Waals surface area contributed by atoms with Gasteiger partial charge in [-0.2, -0.15) is 0 Å². The third kappa shape index (κ3) is 2.55. The van der Waals surface area contributed by atoms with Crippen molar-refractivity contribution in [3.63, 3.8) is 0 Å². The lowest BCUT2D eigenvalue weighted by Gasteiger charge is -2.29. The van der Waals surface area contributed by atoms with Gasteiger partial charge in [-0.25, -0.2) is 4.98 Å². The van der Waals surface area contributed by atoms with Crippen molar-refractivity contribution in [3.05, 3.63) is 30.5 Å². The molecule has 6 heteroatoms. The van der Waals surface area contributed by atoms with E-state index in [0.29, 0.717) is 0 Å². The number of fused-ring (bicyclic) bond motifs is 1. The number of nitrogens with one attached hydrogen (secondary N) is 3. The van der Waals surface area contributed by atoms with Gasteiger partial charge in [0.05, 0.1) is 22.4 Å². The Morgan fingerprint density at radius 1 is 1.17 bits per heavy atom. The molecule has 3 N–H and O–H groups in total. The van der Waals surface area contributed by atoms with Gasteiger partial charge in [-0.1, -0.05) is 0 Å². The van der Waals surface area contributed by atoms with E-state index >= 15 is 0 Å². The van der Waals surface area contributed by atoms with Gasteiger partial charge in [0.15, 0.2) is 5.82 Å². The van der Waals surface area contributed by atoms with E-state index in [9.17, 15) is 0 Å². The van der Waals surface area contributed by atoms with Crippen LogP contribution in [0.25, 0.3) is 22.6 Å². The smallest absolute Gasteiger partial charge is 0.155 e. The van der Waals surface area contributed by atoms with Crippen molar-refractivity contribution in [1.82, 2.24) is 19.9 Å². The largest absolute Gasteiger partial charge is 0.387 e. The van der Waals surface area contributed by atoms with Crippen LogP contribution in [0.2, 0.25) is 0 Å². The molecule has 0 radical (unpaired) electrons. The molecule has 6 nitrogen and oxygen atoms in total. The number of aromatic amines is 1. The first-order valence-corrected chi connectivity index (χ1v) is 8.04. The van der Waals surface area contributed by atoms with Crippen molar-refractivity contribution in [2.75, 3.05) is 43.4 Å². The van der Waals surface area contributed by atoms with Gasteiger partial charge in [0.2, 0.25) is 0 Å². The molecule has 1 aliphatic rings. The fraction of sp³-hybridized carbons (Fsp3) is 0.353. The maximum absolute atomic E-state index is 4.74. The minimum atomic E-state index is 0.904. The second kappa shape index (κ2) is 5.62. The first-order valence-electron chi connectivity index (χ1n) is 8.04. The molecular weight excluding hydrogens is 288 g/mol. The van der Waals surface area contributed by atoms with E-state index in [0.717, 1.165) is 54.4 Å². The van der Waals surface area contributed by atoms with Crippen molar-refractivity contribution in [1.29, 1.82) is 0 Å². The Balaban J connectivity index is 1.71. The minimum absolute atomic E-state index is 0.904. The van der Waals surface area contributed by atoms with E-state index in [-0.39, 0.29) is 0 Å². The summed E-state index contributed by atoms with van der Waals surface area (Å²) in [6, 6.07) is 8.59. The molecule has 0 spiro atoms. The summed E-state index contributed by atoms with van der Waals surface area (Å²) in [4.78, 5) is 10.6. The molecule has 0 saturated carbocycles. The Kier molecular flexibility index (Phi) is 3.46. The van der Waals surface area contributed by atoms with Crippen molar-refractivity contribution in [2.24, 2.45) is 7.05 Å². The molecular formula is C17H22N6. The number of nitrogens with zero attached hydrogens (tertiary/aromatic N) is 3. The minimum Gasteiger partial charge on any atom is -0.387 e. The number of hydrogen-bond acceptors (Lipinski definition) is 4. The highest BCUT2D eigenvalue weighted by Crippen LogP contribution is 2.26. The van der Waals surface area contributed by atoms with Gasteiger partial charge < -0.3 is 25.1 Å². The maximum Gasteiger partial charge on any atom is 0.155 e. The predicted molar refractivity (Wildman–Crippen MR) is 95.1 cm³/mol. The van der Waals surface area contributed by atoms with E-state index in [2.05, 4.69) is 55.5 Å². The molecule has 120 valence electrons. The third-order valence-electron chi connectivity index (χ3n) is 4.48. The molecule has 0 atom stereocenters. The van der Waals surface area contributed by atoms with Crippen LogP contribution in [0, 0.1) is 0 Å². The number of aryl methyl sites for hydroxylation is 1. The summed E-state index contributed by atoms with van der Waals surface area (Å²) >= 11 is 0. The molecule has 3 aromatic rings. The Bertz CT molecular complexity index is 825. The standard InChI is InChI=1S/C17H22N6/c1-18-12-9-16(22(2)11-12)17-20-14-4-3-13(10-15(14)21-17)23-7-5-19-6-8-23/h3-4,9-11,18-19H,5-8H2,1-2H3,(H,20,21). The number of anilines is 2. The molecule has 0 bridgehead atoms. The van der Waals surface area contributed by atoms with E-state index in [1.807, 2.05) is 14.1 Å². The van der Waals surface area contributed by atoms with Crippen LogP contribution in [-0.2, 0) is 7.05 Å². The molecule has 2 aromatic heterocycles. The van der Waals surface area contributed by atoms with Crippen LogP contribution in [0.5, 0.6) is 0 Å². The van der Waals surface area contributed by atoms with Gasteiger partial charge in [0, 0.05) is 52.2 Å². The van der Waals surface area contributed by atoms with Crippen molar-refractivity contribution >= 4 is 22.4 Å². The predicted octanol–water partition coefficient (Wildman–Crippen LogP) is 2.02. The lowest BCUT2D eigenvalue weighted by Crippen LogP contribution is -2.43. The number of H-pyrrole nitrogens is 1. The van der Waals surface area contributed by atoms with Gasteiger partial charge >= 0.3 is 0 Å². The monoisotopic (exact) mass is 310 g/mol. The number of rotatable bonds is 3. The second-order valence-electron chi connectivity index (χ2n) is 6.00. The molecule has 1 saturated heterocycles. The summed E-state index contributed by atoms with van der Waals surface area (Å²) in [6.07, 6.45) is 2.06. The maximum atomic E-state index is 4.74. The first-order chi connectivity index (χ1) is 11.2. The molecule has 0 aliphatic carbocycles. The lowest BCUT2D eigenvalue weighted by molar-refractivity contribution is 0.589. The summed E-state index contributed by atoms with van der Waals surface area (Å²) in [5.41, 5.74) is 5.52. The van der Waals surface area contributed by atoms with Crippen LogP contribution in [-0.4, -0.2) is 47.8 Å². The molecule has 0 unspecified atom stereocenters. The van der Waals surface area contributed by atoms with Gasteiger partial charge in [0.25, 0.3) is 0 Å². The van der Waals surface area contributed by atoms with Crippen LogP contribution in [0.1, 0.15) is 0 Å². The van der Waals surface area contributed by atoms with E-state index < -0.39 is 0 Å². The normalized spacial score (nSPS) is 15.3. The molecule has 0 amide bonds. The number of benzene rings is 1. The highest BCUT2D eigenvalue weighted by atomic mass is 15.2. The number of aromatic nitrogens is 3. The summed E-state index contributed by atoms with van der Waals surface area (Å²) in [7, 11) is 3.97. The highest BCUT2D eigenvalue weighted by molar-refractivity contribution is 5.83. The number of imidazole rings is 1. The second-order valence-corrected chi connectivity index (χ2v) is 6.00. The average molecular weight is 310 g/mol. The molecule has 1 aliphatic heterocycles. The highest BCUT2D eigenvalue weighted by Gasteiger charge is 2.13. The van der Waals surface area contributed by atoms with E-state index in [4.69, 9.17) is 4.98 Å². The number of hydrogen-bond donors (Lipinski definition) is 3. The Morgan fingerprint density at radius 2 is 2.00 bits per heavy atom. The summed E-state index contributed by atoms with van der Waals surface area (Å²) in [5, 5.41) is 6.56. The quantitative estimate of drug-likeness (QED) is 0.693. The SMILES string of the molecule is CNc1cc(-c2nc3ccc(N4CCNCC4)cc3[nH]2)n(C)c1. The zero-order valence-electron chi connectivity index (χ0n) is 13.6. The van der Waals surface area contributed by atoms with Crippen molar-refractivity contribution in [3.8, 4) is 11.5 Å². The Hall–Kier alpha value is -2.47. The van der Waals surface area contributed by atoms with Crippen LogP contribution < -0.4 is 15.5 Å². The van der Waals surface area contributed by atoms with Crippen LogP contribution in [0.4, 0.5) is 11.4 Å². The van der Waals surface area contributed by atoms with Crippen molar-refractivity contribution < 1.29 is 0 Å². The zero-order valence-corrected chi connectivity index (χ0v) is 13.6. The Labute approximate surface area is 135 Å². The summed E-state index contributed by atoms with van der Waals surface area (Å²) in [6.45, 7) is 4.19. The van der Waals surface area contributed by atoms with Crippen LogP contribution in [0.15, 0.2) is 30.5 Å². The summed E-state index contributed by atoms with van der Waals surface area (Å²) in [5.74, 6) is 0.904. The topological polar surface area (TPSA) is 60.9 Å². The third-order valence-corrected chi connectivity index (χ3v) is 4.48. The van der Waals surface area contributed by atoms with Gasteiger partial charge in [-0.15, -0.1) is 0 Å². The fourth-order valence-corrected chi connectivity index (χ4v) is 3.18. The lowest BCUT2D eigenvalue weighted by atomic mass is 10.2. The van der Waals surface area contributed by atoms with E-state index in [1.54, 1.807) is 0 Å². The first kappa shape index (κ1) is 14.1. The molecule has 4 rings (SSSR count).